The van der Waals surface area contributed by atoms with Gasteiger partial charge < -0.3 is 36.1 Å². The number of aliphatic hydroxyl groups excluding tert-OH is 3. The second kappa shape index (κ2) is 12.6. The summed E-state index contributed by atoms with van der Waals surface area (Å²) in [6.07, 6.45) is 1.79. The third-order valence-corrected chi connectivity index (χ3v) is 5.64. The van der Waals surface area contributed by atoms with E-state index in [9.17, 15) is 19.8 Å². The van der Waals surface area contributed by atoms with Crippen molar-refractivity contribution >= 4 is 50.2 Å². The molecule has 4 aromatic rings. The molecule has 5 heterocycles. The molecule has 0 saturated carbocycles. The Morgan fingerprint density at radius 2 is 1.71 bits per heavy atom. The van der Waals surface area contributed by atoms with Gasteiger partial charge in [-0.3, -0.25) is 24.1 Å². The van der Waals surface area contributed by atoms with Crippen LogP contribution < -0.4 is 22.6 Å². The maximum absolute atomic E-state index is 11.7. The van der Waals surface area contributed by atoms with E-state index in [1.807, 2.05) is 0 Å². The van der Waals surface area contributed by atoms with Crippen molar-refractivity contribution in [3.8, 4) is 0 Å². The number of H-pyrrole nitrogens is 2. The zero-order valence-electron chi connectivity index (χ0n) is 19.9. The number of fused-ring (bicyclic) bond motifs is 2. The summed E-state index contributed by atoms with van der Waals surface area (Å²) < 4.78 is 8.30. The molecule has 0 aromatic carbocycles. The molecule has 0 bridgehead atoms. The summed E-state index contributed by atoms with van der Waals surface area (Å²) in [5.41, 5.74) is 11.0. The number of imidazole rings is 2. The van der Waals surface area contributed by atoms with Crippen molar-refractivity contribution in [3.63, 3.8) is 0 Å². The van der Waals surface area contributed by atoms with Crippen molar-refractivity contribution < 1.29 is 20.1 Å². The van der Waals surface area contributed by atoms with E-state index in [-0.39, 0.29) is 28.6 Å². The number of halogens is 1. The lowest BCUT2D eigenvalue weighted by Crippen LogP contribution is -2.33. The third-order valence-electron chi connectivity index (χ3n) is 5.18. The number of hydrogen-bond donors (Lipinski definition) is 7. The van der Waals surface area contributed by atoms with Crippen LogP contribution in [-0.2, 0) is 11.3 Å². The number of nitrogens with zero attached hydrogens (tertiary/aromatic N) is 6. The highest BCUT2D eigenvalue weighted by Crippen LogP contribution is 2.30. The summed E-state index contributed by atoms with van der Waals surface area (Å²) in [7, 11) is 0. The predicted molar refractivity (Wildman–Crippen MR) is 142 cm³/mol. The number of rotatable bonds is 5. The predicted octanol–water partition coefficient (Wildman–Crippen LogP) is -1.23. The molecule has 5 rings (SSSR count). The zero-order valence-corrected chi connectivity index (χ0v) is 21.5. The Labute approximate surface area is 222 Å². The van der Waals surface area contributed by atoms with E-state index in [1.165, 1.54) is 17.2 Å². The fourth-order valence-corrected chi connectivity index (χ4v) is 3.52. The van der Waals surface area contributed by atoms with Crippen LogP contribution >= 0.6 is 15.9 Å². The van der Waals surface area contributed by atoms with Gasteiger partial charge in [0.2, 0.25) is 11.9 Å². The third kappa shape index (κ3) is 5.97. The largest absolute Gasteiger partial charge is 0.394 e. The molecule has 1 aliphatic heterocycles. The normalized spacial score (nSPS) is 20.4. The number of aliphatic hydroxyl groups is 3. The minimum Gasteiger partial charge on any atom is -0.394 e. The van der Waals surface area contributed by atoms with Crippen LogP contribution in [0.2, 0.25) is 0 Å². The van der Waals surface area contributed by atoms with E-state index < -0.39 is 36.7 Å². The molecular weight excluding hydrogens is 568 g/mol. The van der Waals surface area contributed by atoms with Crippen molar-refractivity contribution in [2.24, 2.45) is 0 Å². The maximum Gasteiger partial charge on any atom is 0.280 e. The summed E-state index contributed by atoms with van der Waals surface area (Å²) in [4.78, 5) is 43.5. The first-order valence-electron chi connectivity index (χ1n) is 11.0. The van der Waals surface area contributed by atoms with Gasteiger partial charge in [-0.1, -0.05) is 28.1 Å². The topological polar surface area (TPSA) is 249 Å². The van der Waals surface area contributed by atoms with Crippen LogP contribution in [0.25, 0.3) is 22.3 Å². The number of aromatic amines is 2. The van der Waals surface area contributed by atoms with Crippen LogP contribution in [-0.4, -0.2) is 84.6 Å². The Kier molecular flexibility index (Phi) is 9.48. The second-order valence-electron chi connectivity index (χ2n) is 7.76. The van der Waals surface area contributed by atoms with Crippen molar-refractivity contribution in [2.45, 2.75) is 31.1 Å². The van der Waals surface area contributed by atoms with Gasteiger partial charge in [-0.05, 0) is 0 Å². The molecular formula is C21H27BrN10O6. The number of anilines is 2. The Morgan fingerprint density at radius 1 is 1.05 bits per heavy atom. The van der Waals surface area contributed by atoms with Crippen molar-refractivity contribution in [3.05, 3.63) is 58.7 Å². The van der Waals surface area contributed by atoms with Gasteiger partial charge in [0.15, 0.2) is 28.6 Å². The molecule has 1 saturated heterocycles. The van der Waals surface area contributed by atoms with Gasteiger partial charge in [0.1, 0.15) is 18.3 Å². The Hall–Kier alpha value is -3.90. The van der Waals surface area contributed by atoms with Gasteiger partial charge in [0.05, 0.1) is 19.3 Å². The van der Waals surface area contributed by atoms with E-state index in [1.54, 1.807) is 16.7 Å². The highest BCUT2D eigenvalue weighted by atomic mass is 79.9. The van der Waals surface area contributed by atoms with Crippen LogP contribution in [0.1, 0.15) is 6.23 Å². The smallest absolute Gasteiger partial charge is 0.280 e. The summed E-state index contributed by atoms with van der Waals surface area (Å²) in [6.45, 7) is 7.09. The minimum absolute atomic E-state index is 0.0388. The van der Waals surface area contributed by atoms with Crippen LogP contribution in [0.5, 0.6) is 0 Å². The number of hydrogen-bond acceptors (Lipinski definition) is 12. The van der Waals surface area contributed by atoms with Crippen LogP contribution in [0.3, 0.4) is 0 Å². The van der Waals surface area contributed by atoms with Gasteiger partial charge in [-0.2, -0.15) is 9.97 Å². The van der Waals surface area contributed by atoms with Crippen molar-refractivity contribution in [1.82, 2.24) is 39.0 Å². The molecule has 4 atom stereocenters. The molecule has 0 aliphatic carbocycles. The fraction of sp³-hybridized carbons (Fsp3) is 0.333. The Morgan fingerprint density at radius 3 is 2.32 bits per heavy atom. The first kappa shape index (κ1) is 28.7. The average molecular weight is 595 g/mol. The number of ether oxygens (including phenoxy) is 1. The van der Waals surface area contributed by atoms with Crippen LogP contribution in [0, 0.1) is 0 Å². The molecule has 0 spiro atoms. The molecule has 17 heteroatoms. The molecule has 16 nitrogen and oxygen atoms in total. The average Bonchev–Trinajstić information content (AvgIpc) is 3.56. The molecule has 1 fully saturated rings. The molecule has 9 N–H and O–H groups in total. The standard InChI is InChI=1S/C10H13N5O5.C8H9N5O.C3H5Br/c11-10-13-7-4(8(19)14-10)12-2-15(7)9-6(18)5(17)3(1-16)20-9;1-2-3-13-4-10-6-5(13)7(14)12-8(9)11-6;1-2-3-4/h2-3,5-6,9,16-18H,1H2,(H3,11,13,14,19);2,4H,1,3H2,(H3,9,11,12,14);2H,1,3H2/t3-,5-,6-,9+;;/m0../s1. The van der Waals surface area contributed by atoms with Gasteiger partial charge in [0.25, 0.3) is 11.1 Å². The monoisotopic (exact) mass is 594 g/mol. The quantitative estimate of drug-likeness (QED) is 0.106. The first-order valence-corrected chi connectivity index (χ1v) is 12.1. The zero-order chi connectivity index (χ0) is 28.0. The van der Waals surface area contributed by atoms with Gasteiger partial charge in [0, 0.05) is 11.9 Å². The van der Waals surface area contributed by atoms with E-state index in [0.29, 0.717) is 17.7 Å². The molecule has 38 heavy (non-hydrogen) atoms. The molecule has 0 unspecified atom stereocenters. The fourth-order valence-electron chi connectivity index (χ4n) is 3.52. The molecule has 0 amide bonds. The number of nitrogens with two attached hydrogens (primary N) is 2. The van der Waals surface area contributed by atoms with Crippen molar-refractivity contribution in [1.29, 1.82) is 0 Å². The number of aromatic nitrogens is 8. The van der Waals surface area contributed by atoms with Gasteiger partial charge in [-0.15, -0.1) is 13.2 Å². The number of alkyl halides is 1. The summed E-state index contributed by atoms with van der Waals surface area (Å²) in [6, 6.07) is 0. The second-order valence-corrected chi connectivity index (χ2v) is 8.40. The Bertz CT molecular complexity index is 1530. The van der Waals surface area contributed by atoms with Crippen LogP contribution in [0.4, 0.5) is 11.9 Å². The van der Waals surface area contributed by atoms with Crippen molar-refractivity contribution in [2.75, 3.05) is 23.4 Å². The van der Waals surface area contributed by atoms with Gasteiger partial charge >= 0.3 is 0 Å². The lowest BCUT2D eigenvalue weighted by Gasteiger charge is -2.16. The number of nitrogen functional groups attached to an aromatic ring is 2. The van der Waals surface area contributed by atoms with E-state index in [0.717, 1.165) is 5.33 Å². The van der Waals surface area contributed by atoms with Gasteiger partial charge in [-0.25, -0.2) is 9.97 Å². The summed E-state index contributed by atoms with van der Waals surface area (Å²) in [5.74, 6) is -0.0256. The summed E-state index contributed by atoms with van der Waals surface area (Å²) >= 11 is 3.13. The van der Waals surface area contributed by atoms with E-state index in [2.05, 4.69) is 59.0 Å². The number of allylic oxidation sites excluding steroid dienone is 2. The first-order chi connectivity index (χ1) is 18.2. The molecule has 4 aromatic heterocycles. The highest BCUT2D eigenvalue weighted by Gasteiger charge is 2.44. The van der Waals surface area contributed by atoms with E-state index in [4.69, 9.17) is 21.3 Å². The molecule has 1 aliphatic rings. The van der Waals surface area contributed by atoms with Crippen LogP contribution in [0.15, 0.2) is 47.6 Å². The van der Waals surface area contributed by atoms with E-state index >= 15 is 0 Å². The highest BCUT2D eigenvalue weighted by molar-refractivity contribution is 9.09. The Balaban J connectivity index is 0.000000194. The lowest BCUT2D eigenvalue weighted by molar-refractivity contribution is -0.0511. The molecule has 0 radical (unpaired) electrons. The molecule has 204 valence electrons. The lowest BCUT2D eigenvalue weighted by atomic mass is 10.1. The summed E-state index contributed by atoms with van der Waals surface area (Å²) in [5, 5.41) is 29.6. The SMILES string of the molecule is C=CCBr.C=CCn1cnc2nc(N)[nH]c(=O)c21.Nc1nc2c(ncn2[C@@H]2O[C@@H](CO)[C@H](O)[C@@H]2O)c(=O)[nH]1. The maximum atomic E-state index is 11.7. The minimum atomic E-state index is -1.29. The number of nitrogens with one attached hydrogen (secondary N) is 2.